The molecule has 1 N–H and O–H groups in total. The van der Waals surface area contributed by atoms with Crippen LogP contribution in [0, 0.1) is 6.92 Å². The average Bonchev–Trinajstić information content (AvgIpc) is 3.16. The Morgan fingerprint density at radius 3 is 2.65 bits per heavy atom. The van der Waals surface area contributed by atoms with Gasteiger partial charge in [-0.2, -0.15) is 5.10 Å². The van der Waals surface area contributed by atoms with Gasteiger partial charge in [0.05, 0.1) is 17.4 Å². The lowest BCUT2D eigenvalue weighted by molar-refractivity contribution is 0.602. The Hall–Kier alpha value is -3.26. The smallest absolute Gasteiger partial charge is 0.264 e. The van der Waals surface area contributed by atoms with Crippen molar-refractivity contribution < 1.29 is 8.42 Å². The first kappa shape index (κ1) is 16.2. The number of benzene rings is 1. The van der Waals surface area contributed by atoms with Gasteiger partial charge in [-0.1, -0.05) is 12.1 Å². The zero-order valence-electron chi connectivity index (χ0n) is 13.9. The number of nitrogens with one attached hydrogen (secondary N) is 1. The van der Waals surface area contributed by atoms with E-state index in [9.17, 15) is 8.42 Å². The molecule has 0 atom stereocenters. The molecule has 0 fully saturated rings. The second-order valence-electron chi connectivity index (χ2n) is 5.80. The number of nitrogens with zero attached hydrogens (tertiary/aromatic N) is 4. The molecule has 0 aliphatic carbocycles. The van der Waals surface area contributed by atoms with Gasteiger partial charge in [0.1, 0.15) is 4.90 Å². The van der Waals surface area contributed by atoms with Crippen molar-refractivity contribution in [2.24, 2.45) is 0 Å². The minimum Gasteiger partial charge on any atom is -0.278 e. The van der Waals surface area contributed by atoms with E-state index in [4.69, 9.17) is 0 Å². The third-order valence-electron chi connectivity index (χ3n) is 3.84. The van der Waals surface area contributed by atoms with Crippen LogP contribution in [-0.4, -0.2) is 28.2 Å². The van der Waals surface area contributed by atoms with Crippen LogP contribution in [0.5, 0.6) is 0 Å². The first-order chi connectivity index (χ1) is 12.5. The van der Waals surface area contributed by atoms with Crippen molar-refractivity contribution in [3.8, 4) is 5.82 Å². The molecule has 26 heavy (non-hydrogen) atoms. The Balaban J connectivity index is 1.68. The molecule has 0 saturated carbocycles. The second kappa shape index (κ2) is 6.23. The fourth-order valence-electron chi connectivity index (χ4n) is 2.66. The number of fused-ring (bicyclic) bond motifs is 1. The normalized spacial score (nSPS) is 11.6. The van der Waals surface area contributed by atoms with Crippen molar-refractivity contribution in [2.45, 2.75) is 11.8 Å². The average molecular weight is 365 g/mol. The Kier molecular flexibility index (Phi) is 3.89. The maximum absolute atomic E-state index is 12.8. The molecular weight excluding hydrogens is 350 g/mol. The lowest BCUT2D eigenvalue weighted by Gasteiger charge is -2.10. The monoisotopic (exact) mass is 365 g/mol. The van der Waals surface area contributed by atoms with Crippen LogP contribution in [0.2, 0.25) is 0 Å². The molecule has 0 spiro atoms. The topological polar surface area (TPSA) is 89.8 Å². The SMILES string of the molecule is Cc1cnc2c(S(=O)(=O)Nc3ccc(-n4cccn4)nc3)cccc2c1. The highest BCUT2D eigenvalue weighted by Gasteiger charge is 2.18. The summed E-state index contributed by atoms with van der Waals surface area (Å²) >= 11 is 0. The number of anilines is 1. The van der Waals surface area contributed by atoms with E-state index in [-0.39, 0.29) is 4.90 Å². The summed E-state index contributed by atoms with van der Waals surface area (Å²) in [5.74, 6) is 0.597. The molecule has 1 aromatic carbocycles. The van der Waals surface area contributed by atoms with E-state index >= 15 is 0 Å². The molecule has 0 saturated heterocycles. The summed E-state index contributed by atoms with van der Waals surface area (Å²) in [5, 5.41) is 4.86. The molecule has 0 aliphatic rings. The van der Waals surface area contributed by atoms with E-state index in [1.807, 2.05) is 19.1 Å². The number of para-hydroxylation sites is 1. The molecule has 0 aliphatic heterocycles. The third-order valence-corrected chi connectivity index (χ3v) is 5.25. The molecule has 0 unspecified atom stereocenters. The van der Waals surface area contributed by atoms with Gasteiger partial charge in [0, 0.05) is 24.0 Å². The third kappa shape index (κ3) is 3.02. The van der Waals surface area contributed by atoms with Gasteiger partial charge < -0.3 is 0 Å². The van der Waals surface area contributed by atoms with Gasteiger partial charge in [0.2, 0.25) is 0 Å². The Labute approximate surface area is 150 Å². The largest absolute Gasteiger partial charge is 0.278 e. The van der Waals surface area contributed by atoms with Gasteiger partial charge >= 0.3 is 0 Å². The number of hydrogen-bond donors (Lipinski definition) is 1. The molecule has 7 nitrogen and oxygen atoms in total. The molecule has 0 bridgehead atoms. The van der Waals surface area contributed by atoms with E-state index < -0.39 is 10.0 Å². The molecule has 0 amide bonds. The Morgan fingerprint density at radius 1 is 1.04 bits per heavy atom. The number of sulfonamides is 1. The molecular formula is C18H15N5O2S. The maximum atomic E-state index is 12.8. The molecule has 3 aromatic heterocycles. The minimum absolute atomic E-state index is 0.131. The molecule has 3 heterocycles. The van der Waals surface area contributed by atoms with Gasteiger partial charge in [-0.25, -0.2) is 18.1 Å². The number of aryl methyl sites for hydroxylation is 1. The fourth-order valence-corrected chi connectivity index (χ4v) is 3.88. The number of aromatic nitrogens is 4. The summed E-state index contributed by atoms with van der Waals surface area (Å²) in [5.41, 5.74) is 1.77. The summed E-state index contributed by atoms with van der Waals surface area (Å²) < 4.78 is 29.8. The van der Waals surface area contributed by atoms with Crippen molar-refractivity contribution >= 4 is 26.6 Å². The Morgan fingerprint density at radius 2 is 1.92 bits per heavy atom. The van der Waals surface area contributed by atoms with E-state index in [1.165, 1.54) is 6.20 Å². The summed E-state index contributed by atoms with van der Waals surface area (Å²) in [6.07, 6.45) is 6.52. The summed E-state index contributed by atoms with van der Waals surface area (Å²) in [7, 11) is -3.79. The lowest BCUT2D eigenvalue weighted by Crippen LogP contribution is -2.14. The summed E-state index contributed by atoms with van der Waals surface area (Å²) in [6.45, 7) is 1.92. The van der Waals surface area contributed by atoms with Crippen LogP contribution < -0.4 is 4.72 Å². The van der Waals surface area contributed by atoms with Crippen LogP contribution in [0.3, 0.4) is 0 Å². The highest BCUT2D eigenvalue weighted by Crippen LogP contribution is 2.24. The van der Waals surface area contributed by atoms with Crippen LogP contribution >= 0.6 is 0 Å². The zero-order valence-corrected chi connectivity index (χ0v) is 14.7. The standard InChI is InChI=1S/C18H15N5O2S/c1-13-10-14-4-2-5-16(18(14)20-11-13)26(24,25)22-15-6-7-17(19-12-15)23-9-3-8-21-23/h2-12,22H,1H3. The van der Waals surface area contributed by atoms with E-state index in [2.05, 4.69) is 19.8 Å². The van der Waals surface area contributed by atoms with Gasteiger partial charge in [0.25, 0.3) is 10.0 Å². The van der Waals surface area contributed by atoms with Crippen molar-refractivity contribution in [1.29, 1.82) is 0 Å². The highest BCUT2D eigenvalue weighted by atomic mass is 32.2. The van der Waals surface area contributed by atoms with Crippen molar-refractivity contribution in [1.82, 2.24) is 19.7 Å². The van der Waals surface area contributed by atoms with Crippen molar-refractivity contribution in [3.05, 3.63) is 72.8 Å². The fraction of sp³-hybridized carbons (Fsp3) is 0.0556. The number of rotatable bonds is 4. The van der Waals surface area contributed by atoms with Gasteiger partial charge in [-0.05, 0) is 42.8 Å². The van der Waals surface area contributed by atoms with Gasteiger partial charge in [-0.3, -0.25) is 9.71 Å². The maximum Gasteiger partial charge on any atom is 0.264 e. The minimum atomic E-state index is -3.79. The van der Waals surface area contributed by atoms with Crippen LogP contribution in [0.25, 0.3) is 16.7 Å². The van der Waals surface area contributed by atoms with Crippen molar-refractivity contribution in [2.75, 3.05) is 4.72 Å². The zero-order chi connectivity index (χ0) is 18.1. The first-order valence-corrected chi connectivity index (χ1v) is 9.35. The highest BCUT2D eigenvalue weighted by molar-refractivity contribution is 7.93. The lowest BCUT2D eigenvalue weighted by atomic mass is 10.2. The predicted molar refractivity (Wildman–Crippen MR) is 98.6 cm³/mol. The van der Waals surface area contributed by atoms with Crippen LogP contribution in [0.4, 0.5) is 5.69 Å². The molecule has 4 aromatic rings. The molecule has 0 radical (unpaired) electrons. The number of pyridine rings is 2. The quantitative estimate of drug-likeness (QED) is 0.600. The molecule has 130 valence electrons. The summed E-state index contributed by atoms with van der Waals surface area (Å²) in [6, 6.07) is 12.1. The predicted octanol–water partition coefficient (Wildman–Crippen LogP) is 2.92. The van der Waals surface area contributed by atoms with E-state index in [0.29, 0.717) is 17.0 Å². The van der Waals surface area contributed by atoms with E-state index in [1.54, 1.807) is 53.6 Å². The molecule has 4 rings (SSSR count). The molecule has 8 heteroatoms. The van der Waals surface area contributed by atoms with Crippen LogP contribution in [-0.2, 0) is 10.0 Å². The van der Waals surface area contributed by atoms with E-state index in [0.717, 1.165) is 10.9 Å². The summed E-state index contributed by atoms with van der Waals surface area (Å²) in [4.78, 5) is 8.65. The van der Waals surface area contributed by atoms with Gasteiger partial charge in [-0.15, -0.1) is 0 Å². The van der Waals surface area contributed by atoms with Crippen molar-refractivity contribution in [3.63, 3.8) is 0 Å². The van der Waals surface area contributed by atoms with Crippen LogP contribution in [0.15, 0.2) is 72.1 Å². The van der Waals surface area contributed by atoms with Crippen LogP contribution in [0.1, 0.15) is 5.56 Å². The second-order valence-corrected chi connectivity index (χ2v) is 7.45. The first-order valence-electron chi connectivity index (χ1n) is 7.87. The number of hydrogen-bond acceptors (Lipinski definition) is 5. The van der Waals surface area contributed by atoms with Gasteiger partial charge in [0.15, 0.2) is 5.82 Å². The Bertz CT molecular complexity index is 1170.